The molecule has 1 heterocycles. The number of ketones is 1. The molecular weight excluding hydrogens is 304 g/mol. The Hall–Kier alpha value is -2.28. The third-order valence-electron chi connectivity index (χ3n) is 2.55. The molecule has 5 nitrogen and oxygen atoms in total. The van der Waals surface area contributed by atoms with E-state index in [-0.39, 0.29) is 16.6 Å². The van der Waals surface area contributed by atoms with Gasteiger partial charge >= 0.3 is 0 Å². The molecule has 21 heavy (non-hydrogen) atoms. The van der Waals surface area contributed by atoms with Crippen LogP contribution in [0.25, 0.3) is 0 Å². The number of benzene rings is 1. The van der Waals surface area contributed by atoms with Crippen molar-refractivity contribution in [2.75, 3.05) is 19.0 Å². The predicted octanol–water partition coefficient (Wildman–Crippen LogP) is 2.71. The summed E-state index contributed by atoms with van der Waals surface area (Å²) < 4.78 is 31.5. The highest BCUT2D eigenvalue weighted by Gasteiger charge is 2.15. The number of ether oxygens (including phenoxy) is 1. The number of carbonyl (C=O) groups is 1. The van der Waals surface area contributed by atoms with Crippen molar-refractivity contribution in [1.29, 1.82) is 0 Å². The van der Waals surface area contributed by atoms with E-state index in [1.54, 1.807) is 7.05 Å². The quantitative estimate of drug-likeness (QED) is 0.679. The summed E-state index contributed by atoms with van der Waals surface area (Å²) in [5.41, 5.74) is -0.253. The Bertz CT molecular complexity index is 682. The predicted molar refractivity (Wildman–Crippen MR) is 72.8 cm³/mol. The maximum Gasteiger partial charge on any atom is 0.224 e. The summed E-state index contributed by atoms with van der Waals surface area (Å²) in [5.74, 6) is -1.84. The Kier molecular flexibility index (Phi) is 4.64. The second kappa shape index (κ2) is 6.45. The summed E-state index contributed by atoms with van der Waals surface area (Å²) in [5, 5.41) is 2.74. The topological polar surface area (TPSA) is 64.1 Å². The van der Waals surface area contributed by atoms with Gasteiger partial charge in [-0.2, -0.15) is 4.98 Å². The first kappa shape index (κ1) is 15.1. The van der Waals surface area contributed by atoms with E-state index in [2.05, 4.69) is 15.3 Å². The highest BCUT2D eigenvalue weighted by molar-refractivity contribution is 6.28. The molecule has 0 bridgehead atoms. The summed E-state index contributed by atoms with van der Waals surface area (Å²) in [6.07, 6.45) is 1.29. The molecule has 1 aromatic carbocycles. The van der Waals surface area contributed by atoms with Crippen molar-refractivity contribution in [3.05, 3.63) is 46.9 Å². The van der Waals surface area contributed by atoms with Crippen LogP contribution in [0, 0.1) is 11.6 Å². The second-order valence-corrected chi connectivity index (χ2v) is 4.28. The van der Waals surface area contributed by atoms with E-state index in [0.717, 1.165) is 12.1 Å². The number of nitrogens with zero attached hydrogens (tertiary/aromatic N) is 2. The largest absolute Gasteiger partial charge is 0.480 e. The van der Waals surface area contributed by atoms with Crippen LogP contribution < -0.4 is 10.1 Å². The van der Waals surface area contributed by atoms with Crippen LogP contribution in [0.3, 0.4) is 0 Å². The van der Waals surface area contributed by atoms with Gasteiger partial charge in [-0.15, -0.1) is 0 Å². The lowest BCUT2D eigenvalue weighted by Gasteiger charge is -2.09. The van der Waals surface area contributed by atoms with E-state index in [0.29, 0.717) is 11.9 Å². The number of halogens is 3. The van der Waals surface area contributed by atoms with Crippen LogP contribution >= 0.6 is 11.6 Å². The molecular formula is C13H10ClF2N3O2. The normalized spacial score (nSPS) is 10.3. The lowest BCUT2D eigenvalue weighted by Crippen LogP contribution is -2.14. The minimum atomic E-state index is -0.940. The van der Waals surface area contributed by atoms with Crippen molar-refractivity contribution < 1.29 is 18.3 Å². The maximum absolute atomic E-state index is 13.5. The van der Waals surface area contributed by atoms with E-state index in [9.17, 15) is 13.6 Å². The number of Topliss-reactive ketones (excluding diaryl/α,β-unsaturated/α-hetero) is 1. The minimum Gasteiger partial charge on any atom is -0.480 e. The minimum absolute atomic E-state index is 0.0163. The summed E-state index contributed by atoms with van der Waals surface area (Å²) in [6.45, 7) is -0.442. The van der Waals surface area contributed by atoms with Gasteiger partial charge in [0.2, 0.25) is 11.1 Å². The van der Waals surface area contributed by atoms with E-state index in [1.807, 2.05) is 0 Å². The molecule has 0 amide bonds. The van der Waals surface area contributed by atoms with Crippen LogP contribution in [0.1, 0.15) is 10.4 Å². The van der Waals surface area contributed by atoms with E-state index in [1.165, 1.54) is 6.20 Å². The van der Waals surface area contributed by atoms with Crippen LogP contribution in [0.5, 0.6) is 5.75 Å². The van der Waals surface area contributed by atoms with Crippen LogP contribution in [0.15, 0.2) is 24.4 Å². The fraction of sp³-hybridized carbons (Fsp3) is 0.154. The third kappa shape index (κ3) is 3.63. The Morgan fingerprint density at radius 1 is 1.43 bits per heavy atom. The molecule has 2 aromatic rings. The first-order chi connectivity index (χ1) is 10.0. The molecule has 0 unspecified atom stereocenters. The SMILES string of the molecule is CNc1nc(Cl)ncc1OCC(=O)c1ccc(F)cc1F. The van der Waals surface area contributed by atoms with Gasteiger partial charge in [0, 0.05) is 13.1 Å². The maximum atomic E-state index is 13.5. The van der Waals surface area contributed by atoms with Gasteiger partial charge in [-0.3, -0.25) is 4.79 Å². The molecule has 0 radical (unpaired) electrons. The fourth-order valence-corrected chi connectivity index (χ4v) is 1.70. The number of rotatable bonds is 5. The van der Waals surface area contributed by atoms with Gasteiger partial charge in [-0.1, -0.05) is 0 Å². The number of hydrogen-bond donors (Lipinski definition) is 1. The second-order valence-electron chi connectivity index (χ2n) is 3.94. The molecule has 1 N–H and O–H groups in total. The monoisotopic (exact) mass is 313 g/mol. The van der Waals surface area contributed by atoms with Crippen molar-refractivity contribution in [3.8, 4) is 5.75 Å². The van der Waals surface area contributed by atoms with E-state index in [4.69, 9.17) is 16.3 Å². The molecule has 0 saturated heterocycles. The van der Waals surface area contributed by atoms with Gasteiger partial charge in [-0.05, 0) is 23.7 Å². The van der Waals surface area contributed by atoms with Gasteiger partial charge < -0.3 is 10.1 Å². The molecule has 1 aromatic heterocycles. The Morgan fingerprint density at radius 2 is 2.19 bits per heavy atom. The molecule has 0 aliphatic heterocycles. The van der Waals surface area contributed by atoms with Crippen molar-refractivity contribution in [2.45, 2.75) is 0 Å². The van der Waals surface area contributed by atoms with Gasteiger partial charge in [0.1, 0.15) is 11.6 Å². The van der Waals surface area contributed by atoms with Crippen LogP contribution in [0.2, 0.25) is 5.28 Å². The molecule has 0 atom stereocenters. The van der Waals surface area contributed by atoms with E-state index >= 15 is 0 Å². The average molecular weight is 314 g/mol. The number of hydrogen-bond acceptors (Lipinski definition) is 5. The average Bonchev–Trinajstić information content (AvgIpc) is 2.45. The molecule has 0 aliphatic rings. The van der Waals surface area contributed by atoms with Crippen molar-refractivity contribution in [2.24, 2.45) is 0 Å². The summed E-state index contributed by atoms with van der Waals surface area (Å²) in [7, 11) is 1.59. The third-order valence-corrected chi connectivity index (χ3v) is 2.74. The van der Waals surface area contributed by atoms with Gasteiger partial charge in [0.15, 0.2) is 18.2 Å². The lowest BCUT2D eigenvalue weighted by molar-refractivity contribution is 0.0917. The van der Waals surface area contributed by atoms with Crippen LogP contribution in [-0.2, 0) is 0 Å². The van der Waals surface area contributed by atoms with Crippen molar-refractivity contribution in [1.82, 2.24) is 9.97 Å². The van der Waals surface area contributed by atoms with Crippen LogP contribution in [-0.4, -0.2) is 29.4 Å². The highest BCUT2D eigenvalue weighted by Crippen LogP contribution is 2.22. The first-order valence-electron chi connectivity index (χ1n) is 5.82. The van der Waals surface area contributed by atoms with E-state index < -0.39 is 24.0 Å². The number of carbonyl (C=O) groups excluding carboxylic acids is 1. The standard InChI is InChI=1S/C13H10ClF2N3O2/c1-17-12-11(5-18-13(14)19-12)21-6-10(20)8-3-2-7(15)4-9(8)16/h2-5H,6H2,1H3,(H,17,18,19). The molecule has 110 valence electrons. The summed E-state index contributed by atoms with van der Waals surface area (Å²) in [4.78, 5) is 19.4. The Labute approximate surface area is 123 Å². The Morgan fingerprint density at radius 3 is 2.86 bits per heavy atom. The fourth-order valence-electron chi connectivity index (χ4n) is 1.57. The molecule has 0 spiro atoms. The molecule has 0 saturated carbocycles. The zero-order valence-electron chi connectivity index (χ0n) is 10.9. The van der Waals surface area contributed by atoms with Gasteiger partial charge in [0.25, 0.3) is 0 Å². The van der Waals surface area contributed by atoms with Crippen LogP contribution in [0.4, 0.5) is 14.6 Å². The summed E-state index contributed by atoms with van der Waals surface area (Å²) in [6, 6.07) is 2.70. The smallest absolute Gasteiger partial charge is 0.224 e. The van der Waals surface area contributed by atoms with Gasteiger partial charge in [0.05, 0.1) is 11.8 Å². The lowest BCUT2D eigenvalue weighted by atomic mass is 10.1. The molecule has 0 fully saturated rings. The first-order valence-corrected chi connectivity index (χ1v) is 6.20. The summed E-state index contributed by atoms with van der Waals surface area (Å²) >= 11 is 5.62. The van der Waals surface area contributed by atoms with Crippen molar-refractivity contribution in [3.63, 3.8) is 0 Å². The number of anilines is 1. The van der Waals surface area contributed by atoms with Gasteiger partial charge in [-0.25, -0.2) is 13.8 Å². The Balaban J connectivity index is 2.11. The zero-order valence-corrected chi connectivity index (χ0v) is 11.6. The molecule has 8 heteroatoms. The highest BCUT2D eigenvalue weighted by atomic mass is 35.5. The molecule has 2 rings (SSSR count). The zero-order chi connectivity index (χ0) is 15.4. The van der Waals surface area contributed by atoms with Crippen molar-refractivity contribution >= 4 is 23.2 Å². The number of aromatic nitrogens is 2. The number of nitrogens with one attached hydrogen (secondary N) is 1. The molecule has 0 aliphatic carbocycles.